The molecular formula is C10H22N2O3S. The van der Waals surface area contributed by atoms with E-state index in [4.69, 9.17) is 15.9 Å². The van der Waals surface area contributed by atoms with Crippen molar-refractivity contribution in [3.8, 4) is 0 Å². The second-order valence-corrected chi connectivity index (χ2v) is 5.04. The minimum atomic E-state index is -0.691. The molecule has 0 aromatic carbocycles. The molecular weight excluding hydrogens is 228 g/mol. The summed E-state index contributed by atoms with van der Waals surface area (Å²) in [7, 11) is 0. The third-order valence-corrected chi connectivity index (χ3v) is 3.49. The van der Waals surface area contributed by atoms with Crippen LogP contribution in [-0.2, 0) is 4.79 Å². The van der Waals surface area contributed by atoms with E-state index in [1.54, 1.807) is 6.92 Å². The van der Waals surface area contributed by atoms with E-state index in [-0.39, 0.29) is 12.5 Å². The summed E-state index contributed by atoms with van der Waals surface area (Å²) < 4.78 is 0. The number of likely N-dealkylation sites (N-methyl/N-ethyl adjacent to an activating group) is 1. The van der Waals surface area contributed by atoms with Crippen molar-refractivity contribution in [1.82, 2.24) is 5.32 Å². The quantitative estimate of drug-likeness (QED) is 0.407. The molecule has 0 saturated heterocycles. The minimum Gasteiger partial charge on any atom is -0.394 e. The molecule has 0 aromatic heterocycles. The van der Waals surface area contributed by atoms with E-state index in [2.05, 4.69) is 5.32 Å². The number of nitrogens with two attached hydrogens (primary N) is 1. The van der Waals surface area contributed by atoms with Gasteiger partial charge in [-0.05, 0) is 25.6 Å². The summed E-state index contributed by atoms with van der Waals surface area (Å²) in [5.74, 6) is 0.818. The fourth-order valence-electron chi connectivity index (χ4n) is 1.24. The van der Waals surface area contributed by atoms with Crippen molar-refractivity contribution in [1.29, 1.82) is 0 Å². The summed E-state index contributed by atoms with van der Waals surface area (Å²) >= 11 is 1.50. The summed E-state index contributed by atoms with van der Waals surface area (Å²) in [6.45, 7) is 4.16. The summed E-state index contributed by atoms with van der Waals surface area (Å²) in [6, 6.07) is 0. The molecule has 0 spiro atoms. The normalized spacial score (nSPS) is 16.8. The molecule has 0 fully saturated rings. The Morgan fingerprint density at radius 3 is 2.69 bits per heavy atom. The predicted molar refractivity (Wildman–Crippen MR) is 66.3 cm³/mol. The third kappa shape index (κ3) is 5.69. The highest BCUT2D eigenvalue weighted by Crippen LogP contribution is 2.14. The molecule has 6 heteroatoms. The lowest BCUT2D eigenvalue weighted by molar-refractivity contribution is -0.123. The Morgan fingerprint density at radius 2 is 2.25 bits per heavy atom. The molecule has 1 amide bonds. The second-order valence-electron chi connectivity index (χ2n) is 3.89. The molecule has 2 atom stereocenters. The van der Waals surface area contributed by atoms with E-state index in [9.17, 15) is 4.79 Å². The number of carbonyl (C=O) groups excluding carboxylic acids is 1. The van der Waals surface area contributed by atoms with Gasteiger partial charge in [-0.1, -0.05) is 6.92 Å². The maximum absolute atomic E-state index is 11.3. The zero-order valence-electron chi connectivity index (χ0n) is 9.90. The third-order valence-electron chi connectivity index (χ3n) is 2.38. The topological polar surface area (TPSA) is 95.6 Å². The fraction of sp³-hybridized carbons (Fsp3) is 0.900. The largest absolute Gasteiger partial charge is 0.394 e. The Morgan fingerprint density at radius 1 is 1.62 bits per heavy atom. The number of rotatable bonds is 9. The lowest BCUT2D eigenvalue weighted by Crippen LogP contribution is -2.53. The van der Waals surface area contributed by atoms with Crippen molar-refractivity contribution in [2.45, 2.75) is 31.9 Å². The van der Waals surface area contributed by atoms with Gasteiger partial charge in [0, 0.05) is 5.75 Å². The highest BCUT2D eigenvalue weighted by Gasteiger charge is 2.29. The van der Waals surface area contributed by atoms with Gasteiger partial charge in [0.05, 0.1) is 18.2 Å². The SMILES string of the molecule is CCNC(C)(CCSCC(O)CO)C(N)=O. The van der Waals surface area contributed by atoms with E-state index in [1.807, 2.05) is 6.92 Å². The van der Waals surface area contributed by atoms with Crippen LogP contribution in [0.15, 0.2) is 0 Å². The first-order chi connectivity index (χ1) is 7.46. The van der Waals surface area contributed by atoms with Crippen LogP contribution in [0.3, 0.4) is 0 Å². The molecule has 5 nitrogen and oxygen atoms in total. The average Bonchev–Trinajstić information content (AvgIpc) is 2.24. The molecule has 0 bridgehead atoms. The van der Waals surface area contributed by atoms with Crippen molar-refractivity contribution in [3.63, 3.8) is 0 Å². The number of carbonyl (C=O) groups is 1. The number of aliphatic hydroxyl groups is 2. The first kappa shape index (κ1) is 15.7. The molecule has 0 radical (unpaired) electrons. The van der Waals surface area contributed by atoms with E-state index in [0.717, 1.165) is 0 Å². The van der Waals surface area contributed by atoms with Gasteiger partial charge in [0.25, 0.3) is 0 Å². The summed E-state index contributed by atoms with van der Waals surface area (Å²) in [5, 5.41) is 20.8. The van der Waals surface area contributed by atoms with E-state index < -0.39 is 11.6 Å². The van der Waals surface area contributed by atoms with Crippen LogP contribution in [0.5, 0.6) is 0 Å². The van der Waals surface area contributed by atoms with Gasteiger partial charge in [-0.25, -0.2) is 0 Å². The number of nitrogens with one attached hydrogen (secondary N) is 1. The van der Waals surface area contributed by atoms with Crippen LogP contribution in [0.2, 0.25) is 0 Å². The van der Waals surface area contributed by atoms with Crippen LogP contribution in [0.1, 0.15) is 20.3 Å². The minimum absolute atomic E-state index is 0.229. The molecule has 2 unspecified atom stereocenters. The molecule has 96 valence electrons. The van der Waals surface area contributed by atoms with Gasteiger partial charge in [-0.15, -0.1) is 0 Å². The Labute approximate surface area is 101 Å². The number of hydrogen-bond acceptors (Lipinski definition) is 5. The number of amides is 1. The van der Waals surface area contributed by atoms with Gasteiger partial charge in [-0.3, -0.25) is 4.79 Å². The molecule has 0 saturated carbocycles. The van der Waals surface area contributed by atoms with E-state index >= 15 is 0 Å². The van der Waals surface area contributed by atoms with Gasteiger partial charge < -0.3 is 21.3 Å². The Hall–Kier alpha value is -0.300. The Balaban J connectivity index is 3.90. The maximum Gasteiger partial charge on any atom is 0.237 e. The molecule has 0 aliphatic carbocycles. The van der Waals surface area contributed by atoms with E-state index in [0.29, 0.717) is 24.5 Å². The van der Waals surface area contributed by atoms with Crippen LogP contribution in [0.25, 0.3) is 0 Å². The van der Waals surface area contributed by atoms with Gasteiger partial charge in [0.1, 0.15) is 0 Å². The van der Waals surface area contributed by atoms with Crippen molar-refractivity contribution in [2.24, 2.45) is 5.73 Å². The monoisotopic (exact) mass is 250 g/mol. The molecule has 0 aromatic rings. The van der Waals surface area contributed by atoms with Crippen molar-refractivity contribution < 1.29 is 15.0 Å². The highest BCUT2D eigenvalue weighted by molar-refractivity contribution is 7.99. The van der Waals surface area contributed by atoms with Crippen LogP contribution in [0, 0.1) is 0 Å². The summed E-state index contributed by atoms with van der Waals surface area (Å²) in [4.78, 5) is 11.3. The van der Waals surface area contributed by atoms with Crippen LogP contribution in [-0.4, -0.2) is 52.4 Å². The zero-order chi connectivity index (χ0) is 12.6. The Kier molecular flexibility index (Phi) is 7.74. The first-order valence-corrected chi connectivity index (χ1v) is 6.53. The molecule has 0 aliphatic heterocycles. The first-order valence-electron chi connectivity index (χ1n) is 5.38. The predicted octanol–water partition coefficient (Wildman–Crippen LogP) is -0.684. The molecule has 0 heterocycles. The fourth-order valence-corrected chi connectivity index (χ4v) is 2.33. The standard InChI is InChI=1S/C10H22N2O3S/c1-3-12-10(2,9(11)15)4-5-16-7-8(14)6-13/h8,12-14H,3-7H2,1-2H3,(H2,11,15). The molecule has 0 rings (SSSR count). The molecule has 0 aliphatic rings. The number of aliphatic hydroxyl groups excluding tert-OH is 2. The molecule has 5 N–H and O–H groups in total. The summed E-state index contributed by atoms with van der Waals surface area (Å²) in [6.07, 6.45) is -0.0807. The lowest BCUT2D eigenvalue weighted by atomic mass is 9.98. The van der Waals surface area contributed by atoms with Gasteiger partial charge in [0.15, 0.2) is 0 Å². The van der Waals surface area contributed by atoms with Crippen molar-refractivity contribution in [2.75, 3.05) is 24.7 Å². The van der Waals surface area contributed by atoms with Gasteiger partial charge in [-0.2, -0.15) is 11.8 Å². The highest BCUT2D eigenvalue weighted by atomic mass is 32.2. The number of primary amides is 1. The van der Waals surface area contributed by atoms with Gasteiger partial charge in [0.2, 0.25) is 5.91 Å². The smallest absolute Gasteiger partial charge is 0.237 e. The lowest BCUT2D eigenvalue weighted by Gasteiger charge is -2.26. The maximum atomic E-state index is 11.3. The number of hydrogen-bond donors (Lipinski definition) is 4. The van der Waals surface area contributed by atoms with Crippen molar-refractivity contribution in [3.05, 3.63) is 0 Å². The molecule has 16 heavy (non-hydrogen) atoms. The average molecular weight is 250 g/mol. The van der Waals surface area contributed by atoms with Crippen LogP contribution >= 0.6 is 11.8 Å². The zero-order valence-corrected chi connectivity index (χ0v) is 10.7. The van der Waals surface area contributed by atoms with E-state index in [1.165, 1.54) is 11.8 Å². The van der Waals surface area contributed by atoms with Crippen LogP contribution in [0.4, 0.5) is 0 Å². The van der Waals surface area contributed by atoms with Crippen molar-refractivity contribution >= 4 is 17.7 Å². The van der Waals surface area contributed by atoms with Crippen LogP contribution < -0.4 is 11.1 Å². The second kappa shape index (κ2) is 7.89. The Bertz CT molecular complexity index is 216. The number of thioether (sulfide) groups is 1. The summed E-state index contributed by atoms with van der Waals surface area (Å²) in [5.41, 5.74) is 4.64. The van der Waals surface area contributed by atoms with Gasteiger partial charge >= 0.3 is 0 Å².